The number of nitrogens with zero attached hydrogens (tertiary/aromatic N) is 2. The molecule has 3 aromatic rings. The van der Waals surface area contributed by atoms with Crippen LogP contribution in [0.1, 0.15) is 5.56 Å². The van der Waals surface area contributed by atoms with E-state index in [9.17, 15) is 5.11 Å². The number of aromatic nitrogens is 1. The third-order valence-electron chi connectivity index (χ3n) is 3.23. The van der Waals surface area contributed by atoms with Crippen LogP contribution in [0.3, 0.4) is 0 Å². The van der Waals surface area contributed by atoms with Crippen molar-refractivity contribution in [1.82, 2.24) is 4.98 Å². The van der Waals surface area contributed by atoms with Gasteiger partial charge in [0.2, 0.25) is 5.88 Å². The van der Waals surface area contributed by atoms with Crippen LogP contribution in [0.4, 0.5) is 11.4 Å². The summed E-state index contributed by atoms with van der Waals surface area (Å²) in [7, 11) is 0. The van der Waals surface area contributed by atoms with Gasteiger partial charge in [-0.3, -0.25) is 0 Å². The molecule has 0 fully saturated rings. The van der Waals surface area contributed by atoms with Gasteiger partial charge in [-0.15, -0.1) is 10.2 Å². The fourth-order valence-corrected chi connectivity index (χ4v) is 3.06. The smallest absolute Gasteiger partial charge is 0.218 e. The Morgan fingerprint density at radius 2 is 1.64 bits per heavy atom. The van der Waals surface area contributed by atoms with Crippen molar-refractivity contribution in [2.75, 3.05) is 0 Å². The molecule has 3 rings (SSSR count). The van der Waals surface area contributed by atoms with Gasteiger partial charge in [0.05, 0.1) is 15.6 Å². The van der Waals surface area contributed by atoms with Crippen molar-refractivity contribution >= 4 is 57.1 Å². The fraction of sp³-hybridized carbons (Fsp3) is 0.0667. The summed E-state index contributed by atoms with van der Waals surface area (Å²) in [5.74, 6) is -0.0609. The van der Waals surface area contributed by atoms with E-state index >= 15 is 0 Å². The second-order valence-corrected chi connectivity index (χ2v) is 5.99. The van der Waals surface area contributed by atoms with Gasteiger partial charge in [0.1, 0.15) is 5.69 Å². The van der Waals surface area contributed by atoms with E-state index in [4.69, 9.17) is 34.8 Å². The fourth-order valence-electron chi connectivity index (χ4n) is 2.17. The summed E-state index contributed by atoms with van der Waals surface area (Å²) in [4.78, 5) is 2.88. The van der Waals surface area contributed by atoms with Crippen molar-refractivity contribution < 1.29 is 5.11 Å². The van der Waals surface area contributed by atoms with E-state index in [1.165, 1.54) is 12.1 Å². The molecule has 0 aliphatic rings. The topological polar surface area (TPSA) is 60.7 Å². The summed E-state index contributed by atoms with van der Waals surface area (Å²) in [6.45, 7) is 1.94. The summed E-state index contributed by atoms with van der Waals surface area (Å²) in [6, 6.07) is 8.72. The Balaban J connectivity index is 2.11. The second kappa shape index (κ2) is 5.80. The van der Waals surface area contributed by atoms with E-state index in [-0.39, 0.29) is 15.9 Å². The lowest BCUT2D eigenvalue weighted by Crippen LogP contribution is -1.74. The maximum atomic E-state index is 10.0. The number of benzene rings is 2. The Morgan fingerprint density at radius 3 is 2.32 bits per heavy atom. The first kappa shape index (κ1) is 15.2. The first-order chi connectivity index (χ1) is 10.5. The number of rotatable bonds is 2. The van der Waals surface area contributed by atoms with Crippen molar-refractivity contribution in [3.05, 3.63) is 51.0 Å². The van der Waals surface area contributed by atoms with E-state index in [2.05, 4.69) is 15.2 Å². The van der Waals surface area contributed by atoms with Gasteiger partial charge >= 0.3 is 0 Å². The van der Waals surface area contributed by atoms with Crippen LogP contribution in [0.15, 0.2) is 40.6 Å². The van der Waals surface area contributed by atoms with Crippen molar-refractivity contribution in [3.63, 3.8) is 0 Å². The zero-order valence-corrected chi connectivity index (χ0v) is 13.6. The molecule has 0 spiro atoms. The van der Waals surface area contributed by atoms with Crippen molar-refractivity contribution in [2.45, 2.75) is 6.92 Å². The maximum absolute atomic E-state index is 10.0. The van der Waals surface area contributed by atoms with Crippen LogP contribution in [-0.2, 0) is 0 Å². The van der Waals surface area contributed by atoms with Crippen LogP contribution in [0.5, 0.6) is 5.88 Å². The van der Waals surface area contributed by atoms with Gasteiger partial charge in [-0.25, -0.2) is 0 Å². The Hall–Kier alpha value is -1.75. The third kappa shape index (κ3) is 2.65. The highest BCUT2D eigenvalue weighted by molar-refractivity contribution is 6.41. The molecule has 2 aromatic carbocycles. The molecule has 2 N–H and O–H groups in total. The molecule has 1 aromatic heterocycles. The van der Waals surface area contributed by atoms with Gasteiger partial charge in [-0.05, 0) is 24.6 Å². The van der Waals surface area contributed by atoms with Crippen LogP contribution in [-0.4, -0.2) is 10.1 Å². The molecule has 0 radical (unpaired) electrons. The van der Waals surface area contributed by atoms with Crippen LogP contribution in [0.25, 0.3) is 10.9 Å². The van der Waals surface area contributed by atoms with Gasteiger partial charge < -0.3 is 10.1 Å². The number of para-hydroxylation sites is 1. The highest BCUT2D eigenvalue weighted by Crippen LogP contribution is 2.40. The largest absolute Gasteiger partial charge is 0.493 e. The van der Waals surface area contributed by atoms with E-state index in [1.807, 2.05) is 25.1 Å². The van der Waals surface area contributed by atoms with Crippen molar-refractivity contribution in [2.24, 2.45) is 10.2 Å². The zero-order chi connectivity index (χ0) is 15.9. The highest BCUT2D eigenvalue weighted by Gasteiger charge is 2.13. The molecule has 7 heteroatoms. The molecule has 112 valence electrons. The average molecular weight is 355 g/mol. The van der Waals surface area contributed by atoms with Crippen LogP contribution in [0.2, 0.25) is 15.1 Å². The molecule has 0 saturated heterocycles. The normalized spacial score (nSPS) is 11.6. The molecular weight excluding hydrogens is 345 g/mol. The summed E-state index contributed by atoms with van der Waals surface area (Å²) in [6.07, 6.45) is 0. The molecule has 0 aliphatic carbocycles. The molecule has 0 amide bonds. The van der Waals surface area contributed by atoms with Gasteiger partial charge in [-0.1, -0.05) is 53.0 Å². The van der Waals surface area contributed by atoms with Crippen LogP contribution >= 0.6 is 34.8 Å². The lowest BCUT2D eigenvalue weighted by Gasteiger charge is -2.01. The number of aromatic hydroxyl groups is 1. The minimum atomic E-state index is -0.0609. The molecule has 0 aliphatic heterocycles. The number of halogens is 3. The second-order valence-electron chi connectivity index (χ2n) is 4.74. The molecular formula is C15H10Cl3N3O. The van der Waals surface area contributed by atoms with Gasteiger partial charge in [0.25, 0.3) is 0 Å². The monoisotopic (exact) mass is 353 g/mol. The molecule has 0 atom stereocenters. The Morgan fingerprint density at radius 1 is 1.00 bits per heavy atom. The third-order valence-corrected chi connectivity index (χ3v) is 4.02. The predicted octanol–water partition coefficient (Wildman–Crippen LogP) is 6.56. The number of azo groups is 1. The number of aromatic amines is 1. The summed E-state index contributed by atoms with van der Waals surface area (Å²) < 4.78 is 0. The minimum absolute atomic E-state index is 0.0609. The van der Waals surface area contributed by atoms with E-state index < -0.39 is 0 Å². The lowest BCUT2D eigenvalue weighted by atomic mass is 10.1. The number of hydrogen-bond donors (Lipinski definition) is 2. The van der Waals surface area contributed by atoms with Crippen LogP contribution < -0.4 is 0 Å². The number of aryl methyl sites for hydroxylation is 1. The molecule has 0 saturated carbocycles. The van der Waals surface area contributed by atoms with Gasteiger partial charge in [-0.2, -0.15) is 0 Å². The number of nitrogens with one attached hydrogen (secondary N) is 1. The quantitative estimate of drug-likeness (QED) is 0.503. The van der Waals surface area contributed by atoms with Crippen molar-refractivity contribution in [1.29, 1.82) is 0 Å². The number of H-pyrrole nitrogens is 1. The predicted molar refractivity (Wildman–Crippen MR) is 90.3 cm³/mol. The van der Waals surface area contributed by atoms with E-state index in [0.717, 1.165) is 16.5 Å². The van der Waals surface area contributed by atoms with E-state index in [1.54, 1.807) is 0 Å². The van der Waals surface area contributed by atoms with Crippen LogP contribution in [0, 0.1) is 6.92 Å². The number of hydrogen-bond acceptors (Lipinski definition) is 3. The first-order valence-electron chi connectivity index (χ1n) is 6.34. The molecule has 22 heavy (non-hydrogen) atoms. The standard InChI is InChI=1S/C15H10Cl3N3O/c1-7-3-2-4-9-12(7)19-15(22)13(9)20-21-14-10(17)5-8(16)6-11(14)18/h2-6,19,22H,1H3. The summed E-state index contributed by atoms with van der Waals surface area (Å²) >= 11 is 18.0. The summed E-state index contributed by atoms with van der Waals surface area (Å²) in [5.41, 5.74) is 2.44. The maximum Gasteiger partial charge on any atom is 0.218 e. The molecule has 0 unspecified atom stereocenters. The SMILES string of the molecule is Cc1cccc2c(N=Nc3c(Cl)cc(Cl)cc3Cl)c(O)[nH]c12. The van der Waals surface area contributed by atoms with Gasteiger partial charge in [0, 0.05) is 10.4 Å². The molecule has 0 bridgehead atoms. The first-order valence-corrected chi connectivity index (χ1v) is 7.47. The average Bonchev–Trinajstić information content (AvgIpc) is 2.76. The zero-order valence-electron chi connectivity index (χ0n) is 11.4. The Bertz CT molecular complexity index is 879. The lowest BCUT2D eigenvalue weighted by molar-refractivity contribution is 0.459. The van der Waals surface area contributed by atoms with E-state index in [0.29, 0.717) is 16.4 Å². The number of fused-ring (bicyclic) bond motifs is 1. The Labute approximate surface area is 141 Å². The highest BCUT2D eigenvalue weighted by atomic mass is 35.5. The molecule has 1 heterocycles. The van der Waals surface area contributed by atoms with Crippen molar-refractivity contribution in [3.8, 4) is 5.88 Å². The molecule has 4 nitrogen and oxygen atoms in total. The van der Waals surface area contributed by atoms with Gasteiger partial charge in [0.15, 0.2) is 5.69 Å². The summed E-state index contributed by atoms with van der Waals surface area (Å²) in [5, 5.41) is 19.9. The Kier molecular flexibility index (Phi) is 4.00. The minimum Gasteiger partial charge on any atom is -0.493 e.